The summed E-state index contributed by atoms with van der Waals surface area (Å²) in [5.41, 5.74) is 1.99. The van der Waals surface area contributed by atoms with Gasteiger partial charge in [-0.15, -0.1) is 0 Å². The Labute approximate surface area is 265 Å². The Morgan fingerprint density at radius 1 is 0.889 bits per heavy atom. The molecule has 0 aliphatic heterocycles. The molecule has 0 fully saturated rings. The molecule has 4 rings (SSSR count). The first kappa shape index (κ1) is 33.2. The van der Waals surface area contributed by atoms with Crippen LogP contribution in [0.3, 0.4) is 0 Å². The van der Waals surface area contributed by atoms with E-state index in [2.05, 4.69) is 10.0 Å². The van der Waals surface area contributed by atoms with Gasteiger partial charge < -0.3 is 10.1 Å². The number of aryl methyl sites for hydroxylation is 3. The van der Waals surface area contributed by atoms with E-state index in [0.717, 1.165) is 21.5 Å². The van der Waals surface area contributed by atoms with Crippen molar-refractivity contribution in [2.75, 3.05) is 28.0 Å². The van der Waals surface area contributed by atoms with Gasteiger partial charge in [0.05, 0.1) is 33.2 Å². The number of ether oxygens (including phenoxy) is 1. The molecule has 0 unspecified atom stereocenters. The summed E-state index contributed by atoms with van der Waals surface area (Å²) < 4.78 is 62.4. The third-order valence-electron chi connectivity index (χ3n) is 6.75. The zero-order valence-corrected chi connectivity index (χ0v) is 27.0. The van der Waals surface area contributed by atoms with E-state index in [1.165, 1.54) is 68.6 Å². The molecule has 0 heterocycles. The van der Waals surface area contributed by atoms with Crippen LogP contribution in [0.1, 0.15) is 16.7 Å². The summed E-state index contributed by atoms with van der Waals surface area (Å²) in [7, 11) is -7.23. The molecule has 2 N–H and O–H groups in total. The van der Waals surface area contributed by atoms with Gasteiger partial charge in [-0.3, -0.25) is 23.9 Å². The Morgan fingerprint density at radius 3 is 2.18 bits per heavy atom. The second-order valence-corrected chi connectivity index (χ2v) is 14.0. The molecule has 0 bridgehead atoms. The van der Waals surface area contributed by atoms with Crippen molar-refractivity contribution in [2.24, 2.45) is 0 Å². The number of methoxy groups -OCH3 is 1. The number of nitro benzene ring substituents is 1. The Balaban J connectivity index is 1.63. The first-order chi connectivity index (χ1) is 21.1. The van der Waals surface area contributed by atoms with E-state index in [0.29, 0.717) is 5.69 Å². The van der Waals surface area contributed by atoms with Gasteiger partial charge in [-0.25, -0.2) is 16.8 Å². The van der Waals surface area contributed by atoms with Gasteiger partial charge in [-0.05, 0) is 86.5 Å². The molecule has 0 aliphatic rings. The average Bonchev–Trinajstić information content (AvgIpc) is 2.97. The summed E-state index contributed by atoms with van der Waals surface area (Å²) in [6.07, 6.45) is 0. The van der Waals surface area contributed by atoms with Gasteiger partial charge in [-0.1, -0.05) is 29.8 Å². The van der Waals surface area contributed by atoms with Crippen molar-refractivity contribution in [1.82, 2.24) is 0 Å². The summed E-state index contributed by atoms with van der Waals surface area (Å²) in [5, 5.41) is 14.2. The predicted octanol–water partition coefficient (Wildman–Crippen LogP) is 5.82. The Kier molecular flexibility index (Phi) is 9.71. The van der Waals surface area contributed by atoms with Crippen LogP contribution in [0.25, 0.3) is 0 Å². The number of halogens is 1. The van der Waals surface area contributed by atoms with E-state index in [-0.39, 0.29) is 32.6 Å². The number of nitrogens with one attached hydrogen (secondary N) is 2. The topological polar surface area (TPSA) is 165 Å². The van der Waals surface area contributed by atoms with Crippen molar-refractivity contribution in [3.05, 3.63) is 111 Å². The Morgan fingerprint density at radius 2 is 1.53 bits per heavy atom. The minimum Gasteiger partial charge on any atom is -0.495 e. The Bertz CT molecular complexity index is 2000. The lowest BCUT2D eigenvalue weighted by molar-refractivity contribution is -0.385. The lowest BCUT2D eigenvalue weighted by Crippen LogP contribution is -2.38. The molecule has 0 aliphatic carbocycles. The maximum atomic E-state index is 13.9. The predicted molar refractivity (Wildman–Crippen MR) is 172 cm³/mol. The number of nitrogens with zero attached hydrogens (tertiary/aromatic N) is 2. The van der Waals surface area contributed by atoms with Crippen LogP contribution in [0, 0.1) is 30.9 Å². The summed E-state index contributed by atoms with van der Waals surface area (Å²) in [6.45, 7) is 4.30. The molecule has 0 saturated carbocycles. The molecule has 0 aromatic heterocycles. The number of carbonyl (C=O) groups is 1. The number of rotatable bonds is 11. The van der Waals surface area contributed by atoms with Crippen LogP contribution in [-0.2, 0) is 24.8 Å². The molecule has 1 amide bonds. The van der Waals surface area contributed by atoms with E-state index >= 15 is 0 Å². The molecule has 15 heteroatoms. The van der Waals surface area contributed by atoms with Crippen LogP contribution in [-0.4, -0.2) is 41.3 Å². The fourth-order valence-electron chi connectivity index (χ4n) is 4.33. The van der Waals surface area contributed by atoms with E-state index in [1.807, 2.05) is 13.0 Å². The quantitative estimate of drug-likeness (QED) is 0.149. The highest BCUT2D eigenvalue weighted by Crippen LogP contribution is 2.36. The van der Waals surface area contributed by atoms with Crippen LogP contribution in [0.5, 0.6) is 5.75 Å². The van der Waals surface area contributed by atoms with E-state index < -0.39 is 48.0 Å². The van der Waals surface area contributed by atoms with Gasteiger partial charge >= 0.3 is 0 Å². The number of nitro groups is 1. The van der Waals surface area contributed by atoms with E-state index in [9.17, 15) is 31.7 Å². The maximum Gasteiger partial charge on any atom is 0.273 e. The van der Waals surface area contributed by atoms with E-state index in [4.69, 9.17) is 16.3 Å². The third kappa shape index (κ3) is 7.53. The minimum absolute atomic E-state index is 0.0600. The van der Waals surface area contributed by atoms with Crippen LogP contribution in [0.15, 0.2) is 88.7 Å². The first-order valence-electron chi connectivity index (χ1n) is 13.2. The summed E-state index contributed by atoms with van der Waals surface area (Å²) >= 11 is 6.17. The van der Waals surface area contributed by atoms with Crippen molar-refractivity contribution < 1.29 is 31.3 Å². The van der Waals surface area contributed by atoms with Crippen molar-refractivity contribution in [3.8, 4) is 5.75 Å². The number of hydrogen-bond donors (Lipinski definition) is 2. The normalized spacial score (nSPS) is 11.5. The van der Waals surface area contributed by atoms with Gasteiger partial charge in [0.15, 0.2) is 0 Å². The second-order valence-electron chi connectivity index (χ2n) is 10.0. The molecular formula is C30H29ClN4O8S2. The molecular weight excluding hydrogens is 644 g/mol. The fraction of sp³-hybridized carbons (Fsp3) is 0.167. The standard InChI is InChI=1S/C30H29ClN4O8S2/c1-19-5-6-20(2)26(15-19)33-44(39,40)24-12-9-23(10-13-24)32-30(36)18-34(28-16-22(31)8-14-29(28)43-4)45(41,42)25-11-7-21(3)27(17-25)35(37)38/h5-17,33H,18H2,1-4H3,(H,32,36). The van der Waals surface area contributed by atoms with Gasteiger partial charge in [0.1, 0.15) is 12.3 Å². The summed E-state index contributed by atoms with van der Waals surface area (Å²) in [6, 6.07) is 18.3. The number of hydrogen-bond acceptors (Lipinski definition) is 8. The number of amides is 1. The van der Waals surface area contributed by atoms with Gasteiger partial charge in [0.2, 0.25) is 5.91 Å². The Hall–Kier alpha value is -4.66. The number of sulfonamides is 2. The van der Waals surface area contributed by atoms with Gasteiger partial charge in [-0.2, -0.15) is 0 Å². The monoisotopic (exact) mass is 672 g/mol. The highest BCUT2D eigenvalue weighted by atomic mass is 35.5. The largest absolute Gasteiger partial charge is 0.495 e. The molecule has 4 aromatic carbocycles. The molecule has 0 radical (unpaired) electrons. The first-order valence-corrected chi connectivity index (χ1v) is 16.5. The van der Waals surface area contributed by atoms with Crippen LogP contribution in [0.2, 0.25) is 5.02 Å². The highest BCUT2D eigenvalue weighted by Gasteiger charge is 2.31. The van der Waals surface area contributed by atoms with E-state index in [1.54, 1.807) is 19.1 Å². The molecule has 0 saturated heterocycles. The minimum atomic E-state index is -4.58. The molecule has 45 heavy (non-hydrogen) atoms. The van der Waals surface area contributed by atoms with Gasteiger partial charge in [0.25, 0.3) is 25.7 Å². The maximum absolute atomic E-state index is 13.9. The van der Waals surface area contributed by atoms with Crippen molar-refractivity contribution >= 4 is 60.3 Å². The molecule has 4 aromatic rings. The number of carbonyl (C=O) groups excluding carboxylic acids is 1. The smallest absolute Gasteiger partial charge is 0.273 e. The van der Waals surface area contributed by atoms with Crippen molar-refractivity contribution in [3.63, 3.8) is 0 Å². The molecule has 0 spiro atoms. The number of benzene rings is 4. The molecule has 0 atom stereocenters. The van der Waals surface area contributed by atoms with Crippen molar-refractivity contribution in [2.45, 2.75) is 30.6 Å². The lowest BCUT2D eigenvalue weighted by Gasteiger charge is -2.26. The van der Waals surface area contributed by atoms with Crippen LogP contribution >= 0.6 is 11.6 Å². The van der Waals surface area contributed by atoms with Crippen LogP contribution in [0.4, 0.5) is 22.7 Å². The van der Waals surface area contributed by atoms with Crippen molar-refractivity contribution in [1.29, 1.82) is 0 Å². The fourth-order valence-corrected chi connectivity index (χ4v) is 7.06. The zero-order chi connectivity index (χ0) is 33.1. The summed E-state index contributed by atoms with van der Waals surface area (Å²) in [5.74, 6) is -0.727. The number of anilines is 3. The molecule has 236 valence electrons. The third-order valence-corrected chi connectivity index (χ3v) is 10.1. The van der Waals surface area contributed by atoms with Crippen LogP contribution < -0.4 is 19.1 Å². The lowest BCUT2D eigenvalue weighted by atomic mass is 10.1. The second kappa shape index (κ2) is 13.1. The highest BCUT2D eigenvalue weighted by molar-refractivity contribution is 7.93. The SMILES string of the molecule is COc1ccc(Cl)cc1N(CC(=O)Nc1ccc(S(=O)(=O)Nc2cc(C)ccc2C)cc1)S(=O)(=O)c1ccc(C)c([N+](=O)[O-])c1. The zero-order valence-electron chi connectivity index (χ0n) is 24.6. The molecule has 12 nitrogen and oxygen atoms in total. The summed E-state index contributed by atoms with van der Waals surface area (Å²) in [4.78, 5) is 23.6. The average molecular weight is 673 g/mol. The van der Waals surface area contributed by atoms with Gasteiger partial charge in [0, 0.05) is 22.3 Å².